The lowest BCUT2D eigenvalue weighted by molar-refractivity contribution is -0.115. The highest BCUT2D eigenvalue weighted by Gasteiger charge is 2.24. The third-order valence-electron chi connectivity index (χ3n) is 3.43. The Balaban J connectivity index is 1.91. The molecule has 0 radical (unpaired) electrons. The first-order valence-electron chi connectivity index (χ1n) is 7.38. The number of hydrogen-bond acceptors (Lipinski definition) is 4. The molecule has 0 unspecified atom stereocenters. The van der Waals surface area contributed by atoms with E-state index < -0.39 is 0 Å². The minimum Gasteiger partial charge on any atom is -0.506 e. The van der Waals surface area contributed by atoms with Crippen molar-refractivity contribution in [3.05, 3.63) is 61.4 Å². The smallest absolute Gasteiger partial charge is 0.264 e. The van der Waals surface area contributed by atoms with Gasteiger partial charge in [-0.1, -0.05) is 17.7 Å². The van der Waals surface area contributed by atoms with E-state index in [1.165, 1.54) is 11.8 Å². The van der Waals surface area contributed by atoms with E-state index in [9.17, 15) is 9.90 Å². The summed E-state index contributed by atoms with van der Waals surface area (Å²) in [6.07, 6.45) is 1.59. The number of carbonyl (C=O) groups excluding carboxylic acids is 1. The van der Waals surface area contributed by atoms with E-state index in [-0.39, 0.29) is 11.7 Å². The lowest BCUT2D eigenvalue weighted by Crippen LogP contribution is -2.19. The van der Waals surface area contributed by atoms with Crippen LogP contribution in [0.5, 0.6) is 5.75 Å². The SMILES string of the molecule is Cc1cc(C)cc(N=C2NC(=O)C(=Cc3cc(Cl)cc(Br)c3O)S2)c1. The molecule has 1 fully saturated rings. The van der Waals surface area contributed by atoms with Crippen molar-refractivity contribution in [2.24, 2.45) is 4.99 Å². The lowest BCUT2D eigenvalue weighted by Gasteiger charge is -2.03. The highest BCUT2D eigenvalue weighted by Crippen LogP contribution is 2.35. The van der Waals surface area contributed by atoms with E-state index in [1.54, 1.807) is 18.2 Å². The highest BCUT2D eigenvalue weighted by molar-refractivity contribution is 9.10. The molecule has 0 atom stereocenters. The van der Waals surface area contributed by atoms with Gasteiger partial charge >= 0.3 is 0 Å². The van der Waals surface area contributed by atoms with Crippen LogP contribution >= 0.6 is 39.3 Å². The van der Waals surface area contributed by atoms with Crippen LogP contribution in [-0.4, -0.2) is 16.2 Å². The third-order valence-corrected chi connectivity index (χ3v) is 5.16. The Morgan fingerprint density at radius 3 is 2.56 bits per heavy atom. The number of amides is 1. The molecule has 3 rings (SSSR count). The zero-order valence-corrected chi connectivity index (χ0v) is 16.6. The number of nitrogens with one attached hydrogen (secondary N) is 1. The maximum absolute atomic E-state index is 12.2. The van der Waals surface area contributed by atoms with Crippen LogP contribution < -0.4 is 5.32 Å². The Hall–Kier alpha value is -1.76. The molecule has 0 saturated carbocycles. The van der Waals surface area contributed by atoms with Gasteiger partial charge in [0.15, 0.2) is 5.17 Å². The number of benzene rings is 2. The number of aliphatic imine (C=N–C) groups is 1. The minimum absolute atomic E-state index is 0.0324. The molecule has 4 nitrogen and oxygen atoms in total. The van der Waals surface area contributed by atoms with Crippen LogP contribution in [0, 0.1) is 13.8 Å². The van der Waals surface area contributed by atoms with Crippen molar-refractivity contribution in [2.75, 3.05) is 0 Å². The van der Waals surface area contributed by atoms with Gasteiger partial charge in [-0.15, -0.1) is 0 Å². The average Bonchev–Trinajstić information content (AvgIpc) is 2.82. The minimum atomic E-state index is -0.261. The number of phenolic OH excluding ortho intramolecular Hbond substituents is 1. The van der Waals surface area contributed by atoms with Crippen molar-refractivity contribution < 1.29 is 9.90 Å². The van der Waals surface area contributed by atoms with E-state index in [2.05, 4.69) is 32.3 Å². The van der Waals surface area contributed by atoms with Crippen molar-refractivity contribution in [3.8, 4) is 5.75 Å². The van der Waals surface area contributed by atoms with Crippen molar-refractivity contribution in [1.82, 2.24) is 5.32 Å². The zero-order valence-electron chi connectivity index (χ0n) is 13.4. The number of phenols is 1. The molecule has 0 spiro atoms. The van der Waals surface area contributed by atoms with Crippen LogP contribution in [0.25, 0.3) is 6.08 Å². The molecule has 1 saturated heterocycles. The molecule has 2 aromatic carbocycles. The summed E-state index contributed by atoms with van der Waals surface area (Å²) in [7, 11) is 0. The van der Waals surface area contributed by atoms with Gasteiger partial charge in [-0.25, -0.2) is 4.99 Å². The van der Waals surface area contributed by atoms with Crippen LogP contribution in [0.2, 0.25) is 5.02 Å². The fourth-order valence-corrected chi connectivity index (χ4v) is 4.12. The van der Waals surface area contributed by atoms with Gasteiger partial charge in [-0.3, -0.25) is 4.79 Å². The number of aryl methyl sites for hydroxylation is 2. The van der Waals surface area contributed by atoms with Crippen molar-refractivity contribution in [1.29, 1.82) is 0 Å². The Bertz CT molecular complexity index is 921. The highest BCUT2D eigenvalue weighted by atomic mass is 79.9. The first-order valence-corrected chi connectivity index (χ1v) is 9.36. The fraction of sp³-hybridized carbons (Fsp3) is 0.111. The maximum Gasteiger partial charge on any atom is 0.264 e. The topological polar surface area (TPSA) is 61.7 Å². The molecule has 25 heavy (non-hydrogen) atoms. The van der Waals surface area contributed by atoms with Gasteiger partial charge < -0.3 is 10.4 Å². The number of thioether (sulfide) groups is 1. The van der Waals surface area contributed by atoms with Gasteiger partial charge in [0.2, 0.25) is 0 Å². The summed E-state index contributed by atoms with van der Waals surface area (Å²) in [5, 5.41) is 13.8. The van der Waals surface area contributed by atoms with E-state index >= 15 is 0 Å². The molecule has 128 valence electrons. The molecule has 0 aliphatic carbocycles. The summed E-state index contributed by atoms with van der Waals surface area (Å²) in [6.45, 7) is 4.00. The van der Waals surface area contributed by atoms with Gasteiger partial charge in [0.25, 0.3) is 5.91 Å². The molecule has 7 heteroatoms. The van der Waals surface area contributed by atoms with Gasteiger partial charge in [0.05, 0.1) is 15.1 Å². The summed E-state index contributed by atoms with van der Waals surface area (Å²) < 4.78 is 0.472. The quantitative estimate of drug-likeness (QED) is 0.625. The van der Waals surface area contributed by atoms with Crippen LogP contribution in [-0.2, 0) is 4.79 Å². The standard InChI is InChI=1S/C18H14BrClN2O2S/c1-9-3-10(2)5-13(4-9)21-18-22-17(24)15(25-18)7-11-6-12(20)8-14(19)16(11)23/h3-8,23H,1-2H3,(H,21,22,24). The summed E-state index contributed by atoms with van der Waals surface area (Å²) in [4.78, 5) is 17.1. The molecular formula is C18H14BrClN2O2S. The molecule has 1 amide bonds. The monoisotopic (exact) mass is 436 g/mol. The van der Waals surface area contributed by atoms with E-state index in [1.807, 2.05) is 26.0 Å². The summed E-state index contributed by atoms with van der Waals surface area (Å²) >= 11 is 10.5. The second kappa shape index (κ2) is 7.23. The van der Waals surface area contributed by atoms with Crippen LogP contribution in [0.4, 0.5) is 5.69 Å². The van der Waals surface area contributed by atoms with Crippen molar-refractivity contribution >= 4 is 62.1 Å². The maximum atomic E-state index is 12.2. The number of hydrogen-bond donors (Lipinski definition) is 2. The summed E-state index contributed by atoms with van der Waals surface area (Å²) in [6, 6.07) is 9.16. The third kappa shape index (κ3) is 4.26. The normalized spacial score (nSPS) is 17.4. The number of amidine groups is 1. The van der Waals surface area contributed by atoms with E-state index in [0.29, 0.717) is 25.1 Å². The predicted octanol–water partition coefficient (Wildman–Crippen LogP) is 5.32. The fourth-order valence-electron chi connectivity index (χ4n) is 2.45. The second-order valence-corrected chi connectivity index (χ2v) is 7.97. The summed E-state index contributed by atoms with van der Waals surface area (Å²) in [5.41, 5.74) is 3.47. The van der Waals surface area contributed by atoms with Gasteiger partial charge in [-0.2, -0.15) is 0 Å². The van der Waals surface area contributed by atoms with Crippen molar-refractivity contribution in [3.63, 3.8) is 0 Å². The number of rotatable bonds is 2. The predicted molar refractivity (Wildman–Crippen MR) is 108 cm³/mol. The van der Waals surface area contributed by atoms with Gasteiger partial charge in [-0.05, 0) is 83.0 Å². The number of nitrogens with zero attached hydrogens (tertiary/aromatic N) is 1. The Morgan fingerprint density at radius 1 is 1.20 bits per heavy atom. The van der Waals surface area contributed by atoms with E-state index in [0.717, 1.165) is 16.8 Å². The Labute approximate surface area is 163 Å². The molecule has 1 aliphatic heterocycles. The number of halogens is 2. The second-order valence-electron chi connectivity index (χ2n) is 5.65. The van der Waals surface area contributed by atoms with Crippen LogP contribution in [0.15, 0.2) is 44.7 Å². The van der Waals surface area contributed by atoms with Crippen LogP contribution in [0.1, 0.15) is 16.7 Å². The first-order chi connectivity index (χ1) is 11.8. The first kappa shape index (κ1) is 18.0. The Morgan fingerprint density at radius 2 is 1.88 bits per heavy atom. The molecule has 2 aromatic rings. The van der Waals surface area contributed by atoms with Gasteiger partial charge in [0, 0.05) is 10.6 Å². The zero-order chi connectivity index (χ0) is 18.1. The number of aromatic hydroxyl groups is 1. The van der Waals surface area contributed by atoms with Crippen molar-refractivity contribution in [2.45, 2.75) is 13.8 Å². The van der Waals surface area contributed by atoms with E-state index in [4.69, 9.17) is 11.6 Å². The molecule has 0 bridgehead atoms. The summed E-state index contributed by atoms with van der Waals surface area (Å²) in [5.74, 6) is -0.228. The number of carbonyl (C=O) groups is 1. The molecule has 2 N–H and O–H groups in total. The van der Waals surface area contributed by atoms with Crippen LogP contribution in [0.3, 0.4) is 0 Å². The Kier molecular flexibility index (Phi) is 5.22. The molecule has 1 aliphatic rings. The lowest BCUT2D eigenvalue weighted by atomic mass is 10.1. The largest absolute Gasteiger partial charge is 0.506 e. The average molecular weight is 438 g/mol. The van der Waals surface area contributed by atoms with Gasteiger partial charge in [0.1, 0.15) is 5.75 Å². The molecular weight excluding hydrogens is 424 g/mol. The molecule has 0 aromatic heterocycles. The molecule has 1 heterocycles.